The third-order valence-electron chi connectivity index (χ3n) is 2.38. The fourth-order valence-corrected chi connectivity index (χ4v) is 3.31. The Morgan fingerprint density at radius 3 is 2.56 bits per heavy atom. The summed E-state index contributed by atoms with van der Waals surface area (Å²) in [5.41, 5.74) is -0.763. The van der Waals surface area contributed by atoms with Crippen molar-refractivity contribution < 1.29 is 13.2 Å². The number of sulfone groups is 1. The van der Waals surface area contributed by atoms with Crippen molar-refractivity contribution in [3.05, 3.63) is 27.8 Å². The molecule has 1 unspecified atom stereocenters. The number of rotatable bonds is 2. The molecule has 1 aromatic carbocycles. The molecule has 1 aliphatic heterocycles. The van der Waals surface area contributed by atoms with Crippen molar-refractivity contribution in [2.45, 2.75) is 10.3 Å². The summed E-state index contributed by atoms with van der Waals surface area (Å²) in [6, 6.07) is 6.80. The fourth-order valence-electron chi connectivity index (χ4n) is 1.52. The van der Waals surface area contributed by atoms with Crippen LogP contribution in [0.5, 0.6) is 0 Å². The molecule has 1 atom stereocenters. The molecule has 6 heteroatoms. The predicted octanol–water partition coefficient (Wildman–Crippen LogP) is 1.01. The van der Waals surface area contributed by atoms with Crippen LogP contribution >= 0.6 is 22.6 Å². The summed E-state index contributed by atoms with van der Waals surface area (Å²) in [7, 11) is -3.37. The minimum atomic E-state index is -3.37. The Labute approximate surface area is 108 Å². The molecule has 1 aliphatic rings. The maximum absolute atomic E-state index is 12.1. The van der Waals surface area contributed by atoms with E-state index >= 15 is 0 Å². The molecule has 1 aromatic rings. The molecule has 0 saturated carbocycles. The standard InChI is InChI=1S/C10H12INO3S/c11-8-1-3-9(4-2-8)16(13,14)10-7-12-5-6-15-10/h1-4,10,12H,5-7H2. The third kappa shape index (κ3) is 2.55. The van der Waals surface area contributed by atoms with E-state index in [0.29, 0.717) is 24.6 Å². The fraction of sp³-hybridized carbons (Fsp3) is 0.400. The minimum Gasteiger partial charge on any atom is -0.359 e. The Morgan fingerprint density at radius 1 is 1.31 bits per heavy atom. The summed E-state index contributed by atoms with van der Waals surface area (Å²) >= 11 is 2.14. The summed E-state index contributed by atoms with van der Waals surface area (Å²) in [5.74, 6) is 0. The van der Waals surface area contributed by atoms with Crippen LogP contribution in [0.25, 0.3) is 0 Å². The van der Waals surface area contributed by atoms with Gasteiger partial charge in [-0.05, 0) is 46.9 Å². The Balaban J connectivity index is 2.27. The average Bonchev–Trinajstić information content (AvgIpc) is 2.31. The molecule has 4 nitrogen and oxygen atoms in total. The van der Waals surface area contributed by atoms with Crippen molar-refractivity contribution in [1.29, 1.82) is 0 Å². The highest BCUT2D eigenvalue weighted by Crippen LogP contribution is 2.19. The van der Waals surface area contributed by atoms with Gasteiger partial charge in [0, 0.05) is 16.7 Å². The predicted molar refractivity (Wildman–Crippen MR) is 69.0 cm³/mol. The van der Waals surface area contributed by atoms with Crippen LogP contribution in [-0.4, -0.2) is 33.6 Å². The largest absolute Gasteiger partial charge is 0.359 e. The molecular weight excluding hydrogens is 341 g/mol. The molecule has 0 radical (unpaired) electrons. The molecule has 0 aliphatic carbocycles. The number of nitrogens with one attached hydrogen (secondary N) is 1. The summed E-state index contributed by atoms with van der Waals surface area (Å²) in [4.78, 5) is 0.321. The van der Waals surface area contributed by atoms with Crippen LogP contribution < -0.4 is 5.32 Å². The highest BCUT2D eigenvalue weighted by Gasteiger charge is 2.29. The number of hydrogen-bond donors (Lipinski definition) is 1. The van der Waals surface area contributed by atoms with Crippen LogP contribution in [0.2, 0.25) is 0 Å². The lowest BCUT2D eigenvalue weighted by Crippen LogP contribution is -2.42. The van der Waals surface area contributed by atoms with Crippen LogP contribution in [0, 0.1) is 3.57 Å². The Kier molecular flexibility index (Phi) is 3.83. The third-order valence-corrected chi connectivity index (χ3v) is 5.03. The van der Waals surface area contributed by atoms with Gasteiger partial charge in [-0.1, -0.05) is 0 Å². The molecule has 0 spiro atoms. The molecule has 1 saturated heterocycles. The number of halogens is 1. The van der Waals surface area contributed by atoms with Gasteiger partial charge in [-0.15, -0.1) is 0 Å². The van der Waals surface area contributed by atoms with Gasteiger partial charge in [0.1, 0.15) is 0 Å². The quantitative estimate of drug-likeness (QED) is 0.807. The van der Waals surface area contributed by atoms with Gasteiger partial charge in [0.15, 0.2) is 5.44 Å². The molecule has 16 heavy (non-hydrogen) atoms. The van der Waals surface area contributed by atoms with Crippen molar-refractivity contribution >= 4 is 32.4 Å². The van der Waals surface area contributed by atoms with Crippen LogP contribution in [0.4, 0.5) is 0 Å². The van der Waals surface area contributed by atoms with E-state index < -0.39 is 15.3 Å². The van der Waals surface area contributed by atoms with E-state index in [1.54, 1.807) is 24.3 Å². The second kappa shape index (κ2) is 4.99. The van der Waals surface area contributed by atoms with E-state index in [-0.39, 0.29) is 0 Å². The number of morpholine rings is 1. The van der Waals surface area contributed by atoms with Crippen LogP contribution in [0.1, 0.15) is 0 Å². The normalized spacial score (nSPS) is 21.9. The summed E-state index contributed by atoms with van der Waals surface area (Å²) in [6.45, 7) is 1.50. The highest BCUT2D eigenvalue weighted by atomic mass is 127. The van der Waals surface area contributed by atoms with Gasteiger partial charge >= 0.3 is 0 Å². The maximum atomic E-state index is 12.1. The van der Waals surface area contributed by atoms with Crippen molar-refractivity contribution in [1.82, 2.24) is 5.32 Å². The summed E-state index contributed by atoms with van der Waals surface area (Å²) < 4.78 is 30.6. The SMILES string of the molecule is O=S(=O)(c1ccc(I)cc1)C1CNCCO1. The zero-order valence-electron chi connectivity index (χ0n) is 8.52. The van der Waals surface area contributed by atoms with Crippen LogP contribution in [-0.2, 0) is 14.6 Å². The van der Waals surface area contributed by atoms with Crippen molar-refractivity contribution in [2.75, 3.05) is 19.7 Å². The highest BCUT2D eigenvalue weighted by molar-refractivity contribution is 14.1. The van der Waals surface area contributed by atoms with Crippen LogP contribution in [0.3, 0.4) is 0 Å². The zero-order chi connectivity index (χ0) is 11.6. The second-order valence-electron chi connectivity index (χ2n) is 3.50. The van der Waals surface area contributed by atoms with Crippen molar-refractivity contribution in [3.8, 4) is 0 Å². The molecule has 1 heterocycles. The summed E-state index contributed by atoms with van der Waals surface area (Å²) in [6.07, 6.45) is 0. The first-order chi connectivity index (χ1) is 7.60. The summed E-state index contributed by atoms with van der Waals surface area (Å²) in [5, 5.41) is 3.02. The smallest absolute Gasteiger partial charge is 0.206 e. The maximum Gasteiger partial charge on any atom is 0.206 e. The molecule has 88 valence electrons. The lowest BCUT2D eigenvalue weighted by molar-refractivity contribution is 0.0785. The van der Waals surface area contributed by atoms with Gasteiger partial charge in [0.2, 0.25) is 9.84 Å². The van der Waals surface area contributed by atoms with Gasteiger partial charge in [-0.2, -0.15) is 0 Å². The first-order valence-corrected chi connectivity index (χ1v) is 7.55. The molecule has 0 aromatic heterocycles. The zero-order valence-corrected chi connectivity index (χ0v) is 11.5. The monoisotopic (exact) mass is 353 g/mol. The van der Waals surface area contributed by atoms with Gasteiger partial charge in [0.05, 0.1) is 11.5 Å². The molecule has 0 bridgehead atoms. The molecule has 0 amide bonds. The van der Waals surface area contributed by atoms with E-state index in [2.05, 4.69) is 27.9 Å². The topological polar surface area (TPSA) is 55.4 Å². The van der Waals surface area contributed by atoms with E-state index in [4.69, 9.17) is 4.74 Å². The Bertz CT molecular complexity index is 451. The van der Waals surface area contributed by atoms with E-state index in [0.717, 1.165) is 3.57 Å². The number of ether oxygens (including phenoxy) is 1. The van der Waals surface area contributed by atoms with E-state index in [1.807, 2.05) is 0 Å². The molecule has 1 fully saturated rings. The van der Waals surface area contributed by atoms with Gasteiger partial charge in [-0.3, -0.25) is 0 Å². The average molecular weight is 353 g/mol. The number of benzene rings is 1. The van der Waals surface area contributed by atoms with E-state index in [1.165, 1.54) is 0 Å². The van der Waals surface area contributed by atoms with Crippen LogP contribution in [0.15, 0.2) is 29.2 Å². The Morgan fingerprint density at radius 2 is 2.00 bits per heavy atom. The molecular formula is C10H12INO3S. The first-order valence-electron chi connectivity index (χ1n) is 4.92. The van der Waals surface area contributed by atoms with Gasteiger partial charge < -0.3 is 10.1 Å². The second-order valence-corrected chi connectivity index (χ2v) is 6.84. The lowest BCUT2D eigenvalue weighted by Gasteiger charge is -2.23. The molecule has 1 N–H and O–H groups in total. The van der Waals surface area contributed by atoms with Gasteiger partial charge in [-0.25, -0.2) is 8.42 Å². The Hall–Kier alpha value is -0.180. The van der Waals surface area contributed by atoms with Gasteiger partial charge in [0.25, 0.3) is 0 Å². The first kappa shape index (κ1) is 12.3. The van der Waals surface area contributed by atoms with Crippen molar-refractivity contribution in [2.24, 2.45) is 0 Å². The molecule has 2 rings (SSSR count). The number of hydrogen-bond acceptors (Lipinski definition) is 4. The van der Waals surface area contributed by atoms with Crippen molar-refractivity contribution in [3.63, 3.8) is 0 Å². The van der Waals surface area contributed by atoms with E-state index in [9.17, 15) is 8.42 Å². The lowest BCUT2D eigenvalue weighted by atomic mass is 10.4. The minimum absolute atomic E-state index is 0.321.